The van der Waals surface area contributed by atoms with Crippen LogP contribution >= 0.6 is 11.3 Å². The molecule has 0 radical (unpaired) electrons. The summed E-state index contributed by atoms with van der Waals surface area (Å²) >= 11 is 1.37. The molecule has 0 fully saturated rings. The van der Waals surface area contributed by atoms with Gasteiger partial charge >= 0.3 is 0 Å². The molecule has 0 unspecified atom stereocenters. The SMILES string of the molecule is CCCCN(CC)S(=O)(=O)c1ccc(C(=O)N(Cc2cccnc2)c2nc3cc4c(cc3s2)OCO4)cc1. The van der Waals surface area contributed by atoms with Gasteiger partial charge in [-0.15, -0.1) is 0 Å². The number of benzene rings is 2. The second-order valence-corrected chi connectivity index (χ2v) is 11.7. The van der Waals surface area contributed by atoms with Crippen LogP contribution < -0.4 is 14.4 Å². The molecule has 4 aromatic rings. The van der Waals surface area contributed by atoms with Crippen molar-refractivity contribution in [1.29, 1.82) is 0 Å². The zero-order valence-electron chi connectivity index (χ0n) is 21.2. The van der Waals surface area contributed by atoms with E-state index in [9.17, 15) is 13.2 Å². The summed E-state index contributed by atoms with van der Waals surface area (Å²) in [7, 11) is -3.64. The number of amides is 1. The van der Waals surface area contributed by atoms with Crippen LogP contribution in [0.1, 0.15) is 42.6 Å². The van der Waals surface area contributed by atoms with Gasteiger partial charge in [-0.3, -0.25) is 14.7 Å². The molecule has 0 spiro atoms. The van der Waals surface area contributed by atoms with Crippen molar-refractivity contribution in [2.75, 3.05) is 24.8 Å². The maximum absolute atomic E-state index is 13.8. The number of unbranched alkanes of at least 4 members (excludes halogenated alkanes) is 1. The minimum absolute atomic E-state index is 0.167. The predicted molar refractivity (Wildman–Crippen MR) is 146 cm³/mol. The molecular formula is C27H28N4O5S2. The van der Waals surface area contributed by atoms with Crippen LogP contribution in [-0.4, -0.2) is 48.5 Å². The minimum atomic E-state index is -3.64. The third-order valence-corrected chi connectivity index (χ3v) is 9.29. The highest BCUT2D eigenvalue weighted by Gasteiger charge is 2.26. The van der Waals surface area contributed by atoms with Crippen molar-refractivity contribution in [3.8, 4) is 11.5 Å². The van der Waals surface area contributed by atoms with E-state index in [-0.39, 0.29) is 24.1 Å². The van der Waals surface area contributed by atoms with Crippen molar-refractivity contribution in [2.24, 2.45) is 0 Å². The number of nitrogens with zero attached hydrogens (tertiary/aromatic N) is 4. The van der Waals surface area contributed by atoms with Crippen LogP contribution in [0.4, 0.5) is 5.13 Å². The van der Waals surface area contributed by atoms with Gasteiger partial charge in [0, 0.05) is 43.2 Å². The summed E-state index contributed by atoms with van der Waals surface area (Å²) in [5.41, 5.74) is 1.90. The van der Waals surface area contributed by atoms with Crippen molar-refractivity contribution in [3.05, 3.63) is 72.1 Å². The van der Waals surface area contributed by atoms with Gasteiger partial charge in [-0.25, -0.2) is 13.4 Å². The first-order valence-electron chi connectivity index (χ1n) is 12.4. The van der Waals surface area contributed by atoms with Gasteiger partial charge < -0.3 is 9.47 Å². The molecule has 1 aliphatic rings. The van der Waals surface area contributed by atoms with Crippen LogP contribution in [0.25, 0.3) is 10.2 Å². The number of pyridine rings is 1. The summed E-state index contributed by atoms with van der Waals surface area (Å²) in [6.45, 7) is 5.13. The largest absolute Gasteiger partial charge is 0.454 e. The maximum Gasteiger partial charge on any atom is 0.260 e. The molecule has 0 aliphatic carbocycles. The quantitative estimate of drug-likeness (QED) is 0.270. The number of ether oxygens (including phenoxy) is 2. The Morgan fingerprint density at radius 3 is 2.53 bits per heavy atom. The highest BCUT2D eigenvalue weighted by atomic mass is 32.2. The molecule has 1 amide bonds. The van der Waals surface area contributed by atoms with Crippen LogP contribution in [0.15, 0.2) is 65.8 Å². The van der Waals surface area contributed by atoms with Gasteiger partial charge in [0.25, 0.3) is 5.91 Å². The fourth-order valence-electron chi connectivity index (χ4n) is 4.18. The minimum Gasteiger partial charge on any atom is -0.454 e. The van der Waals surface area contributed by atoms with Crippen molar-refractivity contribution in [1.82, 2.24) is 14.3 Å². The van der Waals surface area contributed by atoms with E-state index in [2.05, 4.69) is 4.98 Å². The molecule has 198 valence electrons. The van der Waals surface area contributed by atoms with Gasteiger partial charge in [-0.05, 0) is 42.3 Å². The topological polar surface area (TPSA) is 102 Å². The number of thiazole rings is 1. The summed E-state index contributed by atoms with van der Waals surface area (Å²) in [6.07, 6.45) is 5.07. The molecule has 5 rings (SSSR count). The molecule has 38 heavy (non-hydrogen) atoms. The molecule has 0 saturated carbocycles. The maximum atomic E-state index is 13.8. The summed E-state index contributed by atoms with van der Waals surface area (Å²) in [4.78, 5) is 24.4. The average Bonchev–Trinajstić information content (AvgIpc) is 3.57. The Balaban J connectivity index is 1.47. The molecule has 11 heteroatoms. The van der Waals surface area contributed by atoms with Gasteiger partial charge in [-0.2, -0.15) is 4.31 Å². The first-order chi connectivity index (χ1) is 18.4. The fraction of sp³-hybridized carbons (Fsp3) is 0.296. The lowest BCUT2D eigenvalue weighted by atomic mass is 10.2. The third kappa shape index (κ3) is 5.22. The summed E-state index contributed by atoms with van der Waals surface area (Å²) < 4.78 is 39.5. The van der Waals surface area contributed by atoms with Crippen molar-refractivity contribution < 1.29 is 22.7 Å². The van der Waals surface area contributed by atoms with Gasteiger partial charge in [0.05, 0.1) is 21.7 Å². The molecular weight excluding hydrogens is 524 g/mol. The number of carbonyl (C=O) groups excluding carboxylic acids is 1. The van der Waals surface area contributed by atoms with Crippen molar-refractivity contribution in [2.45, 2.75) is 38.1 Å². The lowest BCUT2D eigenvalue weighted by Gasteiger charge is -2.21. The lowest BCUT2D eigenvalue weighted by Crippen LogP contribution is -2.32. The van der Waals surface area contributed by atoms with Gasteiger partial charge in [-0.1, -0.05) is 37.7 Å². The summed E-state index contributed by atoms with van der Waals surface area (Å²) in [5.74, 6) is 0.973. The van der Waals surface area contributed by atoms with Crippen molar-refractivity contribution in [3.63, 3.8) is 0 Å². The Hall–Kier alpha value is -3.54. The smallest absolute Gasteiger partial charge is 0.260 e. The van der Waals surface area contributed by atoms with E-state index in [0.717, 1.165) is 23.1 Å². The van der Waals surface area contributed by atoms with E-state index in [0.29, 0.717) is 40.8 Å². The second kappa shape index (κ2) is 11.1. The number of carbonyl (C=O) groups is 1. The van der Waals surface area contributed by atoms with E-state index in [1.165, 1.54) is 27.8 Å². The average molecular weight is 553 g/mol. The van der Waals surface area contributed by atoms with E-state index in [4.69, 9.17) is 14.5 Å². The van der Waals surface area contributed by atoms with Crippen LogP contribution in [0.5, 0.6) is 11.5 Å². The number of hydrogen-bond acceptors (Lipinski definition) is 8. The molecule has 0 saturated heterocycles. The first kappa shape index (κ1) is 26.1. The zero-order valence-corrected chi connectivity index (χ0v) is 22.8. The highest BCUT2D eigenvalue weighted by molar-refractivity contribution is 7.89. The molecule has 0 N–H and O–H groups in total. The predicted octanol–water partition coefficient (Wildman–Crippen LogP) is 5.08. The Morgan fingerprint density at radius 2 is 1.84 bits per heavy atom. The van der Waals surface area contributed by atoms with Crippen LogP contribution in [-0.2, 0) is 16.6 Å². The molecule has 3 heterocycles. The van der Waals surface area contributed by atoms with Crippen LogP contribution in [0.2, 0.25) is 0 Å². The van der Waals surface area contributed by atoms with Gasteiger partial charge in [0.15, 0.2) is 16.6 Å². The highest BCUT2D eigenvalue weighted by Crippen LogP contribution is 2.40. The standard InChI is InChI=1S/C27H28N4O5S2/c1-3-5-13-30(4-2)38(33,34)21-10-8-20(9-11-21)26(32)31(17-19-7-6-12-28-16-19)27-29-22-14-23-24(36-18-35-23)15-25(22)37-27/h6-12,14-16H,3-5,13,17-18H2,1-2H3. The van der Waals surface area contributed by atoms with E-state index < -0.39 is 10.0 Å². The number of hydrogen-bond donors (Lipinski definition) is 0. The molecule has 2 aromatic heterocycles. The third-order valence-electron chi connectivity index (χ3n) is 6.26. The molecule has 9 nitrogen and oxygen atoms in total. The number of fused-ring (bicyclic) bond motifs is 2. The first-order valence-corrected chi connectivity index (χ1v) is 14.7. The van der Waals surface area contributed by atoms with Crippen LogP contribution in [0, 0.1) is 0 Å². The summed E-state index contributed by atoms with van der Waals surface area (Å²) in [5, 5.41) is 0.506. The molecule has 1 aliphatic heterocycles. The number of anilines is 1. The molecule has 0 atom stereocenters. The molecule has 0 bridgehead atoms. The van der Waals surface area contributed by atoms with E-state index >= 15 is 0 Å². The van der Waals surface area contributed by atoms with E-state index in [1.807, 2.05) is 38.1 Å². The second-order valence-electron chi connectivity index (χ2n) is 8.80. The number of rotatable bonds is 10. The Bertz CT molecular complexity index is 1500. The number of sulfonamides is 1. The molecule has 2 aromatic carbocycles. The fourth-order valence-corrected chi connectivity index (χ4v) is 6.64. The Morgan fingerprint density at radius 1 is 1.08 bits per heavy atom. The van der Waals surface area contributed by atoms with Crippen molar-refractivity contribution >= 4 is 42.6 Å². The summed E-state index contributed by atoms with van der Waals surface area (Å²) in [6, 6.07) is 13.5. The van der Waals surface area contributed by atoms with Gasteiger partial charge in [0.2, 0.25) is 16.8 Å². The van der Waals surface area contributed by atoms with Gasteiger partial charge in [0.1, 0.15) is 0 Å². The van der Waals surface area contributed by atoms with E-state index in [1.54, 1.807) is 29.4 Å². The lowest BCUT2D eigenvalue weighted by molar-refractivity contribution is 0.0985. The zero-order chi connectivity index (χ0) is 26.7. The Kier molecular flexibility index (Phi) is 7.59. The van der Waals surface area contributed by atoms with Crippen LogP contribution in [0.3, 0.4) is 0 Å². The normalized spacial score (nSPS) is 12.8. The Labute approximate surface area is 225 Å². The monoisotopic (exact) mass is 552 g/mol. The number of aromatic nitrogens is 2.